The van der Waals surface area contributed by atoms with Crippen LogP contribution in [0.4, 0.5) is 4.39 Å². The standard InChI is InChI=1S/C25H22FN5O2/c1-15-9-17(6-8-20(15)26)13-28-24(32)22-11-23(30-14-29-22)25(33)31-21-4-2-3-18-10-16(12-27)5-7-19(18)21/h5-11,14,21H,2-4,13H2,1H3,(H,28,32)(H,31,33). The van der Waals surface area contributed by atoms with Crippen LogP contribution in [0.5, 0.6) is 0 Å². The zero-order valence-corrected chi connectivity index (χ0v) is 18.1. The van der Waals surface area contributed by atoms with Crippen molar-refractivity contribution in [3.63, 3.8) is 0 Å². The average molecular weight is 443 g/mol. The maximum Gasteiger partial charge on any atom is 0.270 e. The summed E-state index contributed by atoms with van der Waals surface area (Å²) in [5, 5.41) is 14.8. The maximum absolute atomic E-state index is 13.4. The lowest BCUT2D eigenvalue weighted by Gasteiger charge is -2.26. The van der Waals surface area contributed by atoms with E-state index in [0.717, 1.165) is 36.0 Å². The van der Waals surface area contributed by atoms with Gasteiger partial charge in [0.2, 0.25) is 0 Å². The molecule has 4 rings (SSSR count). The van der Waals surface area contributed by atoms with Gasteiger partial charge in [-0.25, -0.2) is 14.4 Å². The van der Waals surface area contributed by atoms with Gasteiger partial charge in [-0.2, -0.15) is 5.26 Å². The number of carbonyl (C=O) groups is 2. The van der Waals surface area contributed by atoms with Crippen molar-refractivity contribution in [3.8, 4) is 6.07 Å². The molecule has 1 unspecified atom stereocenters. The van der Waals surface area contributed by atoms with Gasteiger partial charge in [-0.15, -0.1) is 0 Å². The second-order valence-corrected chi connectivity index (χ2v) is 8.00. The largest absolute Gasteiger partial charge is 0.347 e. The SMILES string of the molecule is Cc1cc(CNC(=O)c2cc(C(=O)NC3CCCc4cc(C#N)ccc43)ncn2)ccc1F. The molecule has 8 heteroatoms. The van der Waals surface area contributed by atoms with Crippen molar-refractivity contribution in [2.24, 2.45) is 0 Å². The fourth-order valence-corrected chi connectivity index (χ4v) is 3.96. The van der Waals surface area contributed by atoms with E-state index in [0.29, 0.717) is 11.1 Å². The van der Waals surface area contributed by atoms with E-state index in [1.54, 1.807) is 25.1 Å². The third-order valence-corrected chi connectivity index (χ3v) is 5.70. The van der Waals surface area contributed by atoms with Crippen molar-refractivity contribution < 1.29 is 14.0 Å². The summed E-state index contributed by atoms with van der Waals surface area (Å²) in [4.78, 5) is 33.4. The van der Waals surface area contributed by atoms with Gasteiger partial charge in [0.15, 0.2) is 0 Å². The molecule has 2 N–H and O–H groups in total. The van der Waals surface area contributed by atoms with Gasteiger partial charge in [-0.1, -0.05) is 18.2 Å². The van der Waals surface area contributed by atoms with E-state index < -0.39 is 11.8 Å². The van der Waals surface area contributed by atoms with Crippen molar-refractivity contribution >= 4 is 11.8 Å². The fraction of sp³-hybridized carbons (Fsp3) is 0.240. The monoisotopic (exact) mass is 443 g/mol. The van der Waals surface area contributed by atoms with Gasteiger partial charge in [-0.05, 0) is 66.6 Å². The number of amides is 2. The van der Waals surface area contributed by atoms with E-state index in [1.807, 2.05) is 12.1 Å². The van der Waals surface area contributed by atoms with Gasteiger partial charge < -0.3 is 10.6 Å². The highest BCUT2D eigenvalue weighted by Gasteiger charge is 2.23. The lowest BCUT2D eigenvalue weighted by Crippen LogP contribution is -2.32. The van der Waals surface area contributed by atoms with Crippen LogP contribution in [0.3, 0.4) is 0 Å². The molecule has 0 radical (unpaired) electrons. The molecular formula is C25H22FN5O2. The van der Waals surface area contributed by atoms with Crippen LogP contribution in [0.15, 0.2) is 48.8 Å². The summed E-state index contributed by atoms with van der Waals surface area (Å²) in [7, 11) is 0. The highest BCUT2D eigenvalue weighted by molar-refractivity contribution is 5.97. The third-order valence-electron chi connectivity index (χ3n) is 5.70. The molecule has 1 atom stereocenters. The first-order chi connectivity index (χ1) is 15.9. The summed E-state index contributed by atoms with van der Waals surface area (Å²) in [6.45, 7) is 1.86. The average Bonchev–Trinajstić information content (AvgIpc) is 2.84. The topological polar surface area (TPSA) is 108 Å². The van der Waals surface area contributed by atoms with Gasteiger partial charge in [-0.3, -0.25) is 9.59 Å². The molecular weight excluding hydrogens is 421 g/mol. The number of nitrogens with zero attached hydrogens (tertiary/aromatic N) is 3. The van der Waals surface area contributed by atoms with E-state index in [9.17, 15) is 14.0 Å². The lowest BCUT2D eigenvalue weighted by atomic mass is 9.86. The fourth-order valence-electron chi connectivity index (χ4n) is 3.96. The van der Waals surface area contributed by atoms with E-state index >= 15 is 0 Å². The number of aryl methyl sites for hydroxylation is 2. The molecule has 0 fully saturated rings. The molecule has 2 aromatic carbocycles. The number of nitrogens with one attached hydrogen (secondary N) is 2. The number of rotatable bonds is 5. The molecule has 0 saturated heterocycles. The van der Waals surface area contributed by atoms with Crippen LogP contribution in [0.25, 0.3) is 0 Å². The van der Waals surface area contributed by atoms with Gasteiger partial charge in [0.25, 0.3) is 11.8 Å². The normalized spacial score (nSPS) is 14.6. The predicted molar refractivity (Wildman–Crippen MR) is 119 cm³/mol. The number of nitriles is 1. The Bertz CT molecular complexity index is 1270. The second-order valence-electron chi connectivity index (χ2n) is 8.00. The second kappa shape index (κ2) is 9.57. The molecule has 0 aliphatic heterocycles. The predicted octanol–water partition coefficient (Wildman–Crippen LogP) is 3.53. The lowest BCUT2D eigenvalue weighted by molar-refractivity contribution is 0.0927. The Morgan fingerprint density at radius 2 is 1.91 bits per heavy atom. The molecule has 166 valence electrons. The Hall–Kier alpha value is -4.12. The molecule has 1 aliphatic carbocycles. The van der Waals surface area contributed by atoms with Crippen LogP contribution >= 0.6 is 0 Å². The Balaban J connectivity index is 1.43. The zero-order valence-electron chi connectivity index (χ0n) is 18.1. The van der Waals surface area contributed by atoms with E-state index in [-0.39, 0.29) is 29.8 Å². The van der Waals surface area contributed by atoms with Crippen LogP contribution in [0.2, 0.25) is 0 Å². The van der Waals surface area contributed by atoms with Crippen LogP contribution in [-0.2, 0) is 13.0 Å². The number of hydrogen-bond donors (Lipinski definition) is 2. The molecule has 1 heterocycles. The highest BCUT2D eigenvalue weighted by Crippen LogP contribution is 2.30. The van der Waals surface area contributed by atoms with E-state index in [2.05, 4.69) is 26.7 Å². The number of carbonyl (C=O) groups excluding carboxylic acids is 2. The minimum absolute atomic E-state index is 0.0664. The van der Waals surface area contributed by atoms with Crippen LogP contribution in [0, 0.1) is 24.1 Å². The quantitative estimate of drug-likeness (QED) is 0.627. The molecule has 1 aromatic heterocycles. The number of hydrogen-bond acceptors (Lipinski definition) is 5. The summed E-state index contributed by atoms with van der Waals surface area (Å²) in [5.74, 6) is -1.16. The molecule has 7 nitrogen and oxygen atoms in total. The molecule has 3 aromatic rings. The van der Waals surface area contributed by atoms with Gasteiger partial charge in [0, 0.05) is 12.6 Å². The van der Waals surface area contributed by atoms with Crippen molar-refractivity contribution in [1.29, 1.82) is 5.26 Å². The van der Waals surface area contributed by atoms with Gasteiger partial charge in [0.05, 0.1) is 17.7 Å². The molecule has 2 amide bonds. The molecule has 1 aliphatic rings. The molecule has 0 bridgehead atoms. The minimum Gasteiger partial charge on any atom is -0.347 e. The van der Waals surface area contributed by atoms with Crippen molar-refractivity contribution in [2.75, 3.05) is 0 Å². The first-order valence-electron chi connectivity index (χ1n) is 10.6. The highest BCUT2D eigenvalue weighted by atomic mass is 19.1. The van der Waals surface area contributed by atoms with Crippen LogP contribution in [-0.4, -0.2) is 21.8 Å². The maximum atomic E-state index is 13.4. The van der Waals surface area contributed by atoms with Crippen LogP contribution < -0.4 is 10.6 Å². The summed E-state index contributed by atoms with van der Waals surface area (Å²) < 4.78 is 13.4. The van der Waals surface area contributed by atoms with Crippen molar-refractivity contribution in [1.82, 2.24) is 20.6 Å². The third kappa shape index (κ3) is 5.04. The smallest absolute Gasteiger partial charge is 0.270 e. The molecule has 33 heavy (non-hydrogen) atoms. The number of halogens is 1. The summed E-state index contributed by atoms with van der Waals surface area (Å²) in [6.07, 6.45) is 3.72. The summed E-state index contributed by atoms with van der Waals surface area (Å²) >= 11 is 0. The first-order valence-corrected chi connectivity index (χ1v) is 10.6. The Labute approximate surface area is 190 Å². The minimum atomic E-state index is -0.458. The first kappa shape index (κ1) is 22.1. The van der Waals surface area contributed by atoms with Gasteiger partial charge in [0.1, 0.15) is 23.5 Å². The van der Waals surface area contributed by atoms with E-state index in [4.69, 9.17) is 5.26 Å². The number of fused-ring (bicyclic) bond motifs is 1. The van der Waals surface area contributed by atoms with Crippen LogP contribution in [0.1, 0.15) is 67.7 Å². The Morgan fingerprint density at radius 1 is 1.12 bits per heavy atom. The van der Waals surface area contributed by atoms with Gasteiger partial charge >= 0.3 is 0 Å². The summed E-state index contributed by atoms with van der Waals surface area (Å²) in [6, 6.07) is 13.4. The number of benzene rings is 2. The Morgan fingerprint density at radius 3 is 2.67 bits per heavy atom. The van der Waals surface area contributed by atoms with Crippen molar-refractivity contribution in [2.45, 2.75) is 38.8 Å². The van der Waals surface area contributed by atoms with Crippen molar-refractivity contribution in [3.05, 3.63) is 93.8 Å². The number of aromatic nitrogens is 2. The molecule has 0 saturated carbocycles. The molecule has 0 spiro atoms. The zero-order chi connectivity index (χ0) is 23.4. The Kier molecular flexibility index (Phi) is 6.41. The van der Waals surface area contributed by atoms with E-state index in [1.165, 1.54) is 18.5 Å². The summed E-state index contributed by atoms with van der Waals surface area (Å²) in [5.41, 5.74) is 4.06.